The van der Waals surface area contributed by atoms with E-state index >= 15 is 0 Å². The van der Waals surface area contributed by atoms with Crippen LogP contribution in [0.1, 0.15) is 13.8 Å². The minimum absolute atomic E-state index is 0.123. The molecule has 0 unspecified atom stereocenters. The molecule has 0 amide bonds. The van der Waals surface area contributed by atoms with Crippen molar-refractivity contribution in [3.05, 3.63) is 30.1 Å². The molecule has 106 valence electrons. The Morgan fingerprint density at radius 3 is 2.37 bits per heavy atom. The Bertz CT molecular complexity index is 415. The molecule has 1 aromatic rings. The zero-order valence-electron chi connectivity index (χ0n) is 12.0. The van der Waals surface area contributed by atoms with Crippen LogP contribution in [0, 0.1) is 11.2 Å². The van der Waals surface area contributed by atoms with Gasteiger partial charge in [0.2, 0.25) is 0 Å². The van der Waals surface area contributed by atoms with Crippen LogP contribution in [0.25, 0.3) is 0 Å². The van der Waals surface area contributed by atoms with E-state index in [1.54, 1.807) is 12.1 Å². The van der Waals surface area contributed by atoms with Gasteiger partial charge in [0.05, 0.1) is 0 Å². The SMILES string of the molecule is CN(C)CC(C)(C)CNC(=S)Nc1ccc(F)cc1. The maximum atomic E-state index is 12.8. The molecule has 1 aromatic carbocycles. The van der Waals surface area contributed by atoms with Crippen molar-refractivity contribution in [3.63, 3.8) is 0 Å². The molecule has 0 aliphatic carbocycles. The normalized spacial score (nSPS) is 11.5. The number of thiocarbonyl (C=S) groups is 1. The first-order valence-corrected chi connectivity index (χ1v) is 6.64. The van der Waals surface area contributed by atoms with Crippen LogP contribution in [-0.2, 0) is 0 Å². The minimum atomic E-state index is -0.253. The summed E-state index contributed by atoms with van der Waals surface area (Å²) >= 11 is 5.22. The molecule has 0 atom stereocenters. The van der Waals surface area contributed by atoms with E-state index in [1.807, 2.05) is 0 Å². The van der Waals surface area contributed by atoms with Crippen molar-refractivity contribution >= 4 is 23.0 Å². The van der Waals surface area contributed by atoms with Crippen molar-refractivity contribution in [2.45, 2.75) is 13.8 Å². The van der Waals surface area contributed by atoms with Crippen LogP contribution in [0.4, 0.5) is 10.1 Å². The lowest BCUT2D eigenvalue weighted by Gasteiger charge is -2.29. The van der Waals surface area contributed by atoms with E-state index < -0.39 is 0 Å². The van der Waals surface area contributed by atoms with Crippen molar-refractivity contribution in [2.24, 2.45) is 5.41 Å². The molecule has 0 aliphatic rings. The molecule has 0 saturated heterocycles. The number of nitrogens with zero attached hydrogens (tertiary/aromatic N) is 1. The van der Waals surface area contributed by atoms with Crippen molar-refractivity contribution in [2.75, 3.05) is 32.5 Å². The van der Waals surface area contributed by atoms with Crippen molar-refractivity contribution in [3.8, 4) is 0 Å². The van der Waals surface area contributed by atoms with Crippen molar-refractivity contribution < 1.29 is 4.39 Å². The highest BCUT2D eigenvalue weighted by atomic mass is 32.1. The summed E-state index contributed by atoms with van der Waals surface area (Å²) in [6.45, 7) is 6.11. The lowest BCUT2D eigenvalue weighted by Crippen LogP contribution is -2.41. The number of hydrogen-bond acceptors (Lipinski definition) is 2. The number of hydrogen-bond donors (Lipinski definition) is 2. The molecule has 19 heavy (non-hydrogen) atoms. The van der Waals surface area contributed by atoms with Crippen LogP contribution in [0.5, 0.6) is 0 Å². The van der Waals surface area contributed by atoms with E-state index in [0.717, 1.165) is 18.8 Å². The maximum absolute atomic E-state index is 12.8. The van der Waals surface area contributed by atoms with Gasteiger partial charge in [-0.1, -0.05) is 13.8 Å². The van der Waals surface area contributed by atoms with E-state index in [-0.39, 0.29) is 11.2 Å². The fourth-order valence-corrected chi connectivity index (χ4v) is 2.13. The third-order valence-corrected chi connectivity index (χ3v) is 2.82. The molecular weight excluding hydrogens is 261 g/mol. The van der Waals surface area contributed by atoms with Crippen LogP contribution in [0.3, 0.4) is 0 Å². The van der Waals surface area contributed by atoms with Crippen LogP contribution in [-0.4, -0.2) is 37.2 Å². The zero-order valence-corrected chi connectivity index (χ0v) is 12.8. The van der Waals surface area contributed by atoms with Gasteiger partial charge in [-0.3, -0.25) is 0 Å². The van der Waals surface area contributed by atoms with E-state index in [0.29, 0.717) is 5.11 Å². The molecule has 0 aromatic heterocycles. The summed E-state index contributed by atoms with van der Waals surface area (Å²) in [5.41, 5.74) is 0.905. The van der Waals surface area contributed by atoms with Crippen LogP contribution >= 0.6 is 12.2 Å². The summed E-state index contributed by atoms with van der Waals surface area (Å²) in [6, 6.07) is 6.13. The number of anilines is 1. The minimum Gasteiger partial charge on any atom is -0.362 e. The maximum Gasteiger partial charge on any atom is 0.170 e. The Labute approximate surface area is 120 Å². The first kappa shape index (κ1) is 15.9. The predicted octanol–water partition coefficient (Wildman–Crippen LogP) is 2.70. The third-order valence-electron chi connectivity index (χ3n) is 2.57. The molecule has 2 N–H and O–H groups in total. The van der Waals surface area contributed by atoms with Gasteiger partial charge in [-0.15, -0.1) is 0 Å². The summed E-state index contributed by atoms with van der Waals surface area (Å²) in [7, 11) is 4.10. The molecule has 5 heteroatoms. The predicted molar refractivity (Wildman–Crippen MR) is 83.0 cm³/mol. The van der Waals surface area contributed by atoms with Gasteiger partial charge < -0.3 is 15.5 Å². The number of halogens is 1. The van der Waals surface area contributed by atoms with Gasteiger partial charge in [0.15, 0.2) is 5.11 Å². The molecule has 0 radical (unpaired) electrons. The Morgan fingerprint density at radius 1 is 1.26 bits per heavy atom. The Morgan fingerprint density at radius 2 is 1.84 bits per heavy atom. The lowest BCUT2D eigenvalue weighted by molar-refractivity contribution is 0.242. The van der Waals surface area contributed by atoms with E-state index in [1.165, 1.54) is 12.1 Å². The monoisotopic (exact) mass is 283 g/mol. The molecule has 0 fully saturated rings. The number of rotatable bonds is 5. The van der Waals surface area contributed by atoms with Gasteiger partial charge in [0.1, 0.15) is 5.82 Å². The molecule has 0 bridgehead atoms. The summed E-state index contributed by atoms with van der Waals surface area (Å²) in [5.74, 6) is -0.253. The zero-order chi connectivity index (χ0) is 14.5. The van der Waals surface area contributed by atoms with Crippen LogP contribution < -0.4 is 10.6 Å². The highest BCUT2D eigenvalue weighted by molar-refractivity contribution is 7.80. The van der Waals surface area contributed by atoms with Gasteiger partial charge in [-0.2, -0.15) is 0 Å². The largest absolute Gasteiger partial charge is 0.362 e. The first-order chi connectivity index (χ1) is 8.78. The second kappa shape index (κ2) is 6.82. The quantitative estimate of drug-likeness (QED) is 0.813. The van der Waals surface area contributed by atoms with E-state index in [4.69, 9.17) is 12.2 Å². The second-order valence-corrected chi connectivity index (χ2v) is 6.12. The van der Waals surface area contributed by atoms with Crippen molar-refractivity contribution in [1.82, 2.24) is 10.2 Å². The average molecular weight is 283 g/mol. The summed E-state index contributed by atoms with van der Waals surface area (Å²) < 4.78 is 12.8. The van der Waals surface area contributed by atoms with Gasteiger partial charge in [0.25, 0.3) is 0 Å². The second-order valence-electron chi connectivity index (χ2n) is 5.72. The van der Waals surface area contributed by atoms with E-state index in [9.17, 15) is 4.39 Å². The molecule has 0 heterocycles. The molecule has 0 spiro atoms. The smallest absolute Gasteiger partial charge is 0.170 e. The summed E-state index contributed by atoms with van der Waals surface area (Å²) in [4.78, 5) is 2.15. The topological polar surface area (TPSA) is 27.3 Å². The Balaban J connectivity index is 2.41. The van der Waals surface area contributed by atoms with Gasteiger partial charge in [-0.25, -0.2) is 4.39 Å². The standard InChI is InChI=1S/C14H22FN3S/c1-14(2,10-18(3)4)9-16-13(19)17-12-7-5-11(15)6-8-12/h5-8H,9-10H2,1-4H3,(H2,16,17,19). The fraction of sp³-hybridized carbons (Fsp3) is 0.500. The molecule has 0 aliphatic heterocycles. The molecule has 1 rings (SSSR count). The van der Waals surface area contributed by atoms with Gasteiger partial charge in [-0.05, 0) is 56.0 Å². The highest BCUT2D eigenvalue weighted by Gasteiger charge is 2.18. The Hall–Kier alpha value is -1.20. The summed E-state index contributed by atoms with van der Waals surface area (Å²) in [6.07, 6.45) is 0. The van der Waals surface area contributed by atoms with Crippen LogP contribution in [0.2, 0.25) is 0 Å². The highest BCUT2D eigenvalue weighted by Crippen LogP contribution is 2.14. The first-order valence-electron chi connectivity index (χ1n) is 6.24. The fourth-order valence-electron chi connectivity index (χ4n) is 1.94. The lowest BCUT2D eigenvalue weighted by atomic mass is 9.93. The number of nitrogens with one attached hydrogen (secondary N) is 2. The van der Waals surface area contributed by atoms with Gasteiger partial charge in [0, 0.05) is 18.8 Å². The Kier molecular flexibility index (Phi) is 5.69. The van der Waals surface area contributed by atoms with Gasteiger partial charge >= 0.3 is 0 Å². The molecule has 0 saturated carbocycles. The van der Waals surface area contributed by atoms with Crippen molar-refractivity contribution in [1.29, 1.82) is 0 Å². The third kappa shape index (κ3) is 6.50. The number of benzene rings is 1. The van der Waals surface area contributed by atoms with Crippen LogP contribution in [0.15, 0.2) is 24.3 Å². The average Bonchev–Trinajstić information content (AvgIpc) is 2.28. The summed E-state index contributed by atoms with van der Waals surface area (Å²) in [5, 5.41) is 6.78. The molecular formula is C14H22FN3S. The van der Waals surface area contributed by atoms with E-state index in [2.05, 4.69) is 43.5 Å². The molecule has 3 nitrogen and oxygen atoms in total.